The molecule has 0 spiro atoms. The number of hydrogen-bond donors (Lipinski definition) is 1. The molecule has 0 saturated heterocycles. The van der Waals surface area contributed by atoms with E-state index in [1.165, 1.54) is 6.07 Å². The molecule has 2 rings (SSSR count). The van der Waals surface area contributed by atoms with Crippen molar-refractivity contribution in [3.63, 3.8) is 0 Å². The number of benzene rings is 2. The molecule has 0 radical (unpaired) electrons. The summed E-state index contributed by atoms with van der Waals surface area (Å²) < 4.78 is 13.7. The van der Waals surface area contributed by atoms with Crippen LogP contribution < -0.4 is 10.6 Å². The zero-order valence-corrected chi connectivity index (χ0v) is 10.6. The number of hydrogen-bond acceptors (Lipinski definition) is 2. The van der Waals surface area contributed by atoms with E-state index in [4.69, 9.17) is 5.73 Å². The molecule has 0 amide bonds. The largest absolute Gasteiger partial charge is 0.399 e. The van der Waals surface area contributed by atoms with Crippen LogP contribution in [0.3, 0.4) is 0 Å². The molecule has 94 valence electrons. The van der Waals surface area contributed by atoms with Crippen LogP contribution in [0.4, 0.5) is 15.8 Å². The van der Waals surface area contributed by atoms with Gasteiger partial charge in [-0.3, -0.25) is 0 Å². The molecule has 2 aromatic carbocycles. The van der Waals surface area contributed by atoms with Crippen molar-refractivity contribution in [2.24, 2.45) is 0 Å². The summed E-state index contributed by atoms with van der Waals surface area (Å²) in [6.45, 7) is 1.97. The molecule has 0 bridgehead atoms. The van der Waals surface area contributed by atoms with Gasteiger partial charge in [-0.15, -0.1) is 0 Å². The van der Waals surface area contributed by atoms with Crippen LogP contribution in [0.1, 0.15) is 18.5 Å². The lowest BCUT2D eigenvalue weighted by atomic mass is 10.1. The molecule has 0 aromatic heterocycles. The Kier molecular flexibility index (Phi) is 3.51. The van der Waals surface area contributed by atoms with Crippen LogP contribution in [0, 0.1) is 5.82 Å². The van der Waals surface area contributed by atoms with Gasteiger partial charge in [0, 0.05) is 24.0 Å². The van der Waals surface area contributed by atoms with Crippen LogP contribution in [0.15, 0.2) is 48.5 Å². The van der Waals surface area contributed by atoms with Gasteiger partial charge in [0.05, 0.1) is 6.04 Å². The standard InChI is InChI=1S/C15H17FN2/c1-11(14-8-3-4-9-15(14)16)18(2)13-7-5-6-12(17)10-13/h3-11H,17H2,1-2H3. The topological polar surface area (TPSA) is 29.3 Å². The second-order valence-corrected chi connectivity index (χ2v) is 4.40. The second-order valence-electron chi connectivity index (χ2n) is 4.40. The van der Waals surface area contributed by atoms with Crippen molar-refractivity contribution in [3.05, 3.63) is 59.9 Å². The summed E-state index contributed by atoms with van der Waals surface area (Å²) in [6, 6.07) is 14.4. The van der Waals surface area contributed by atoms with Gasteiger partial charge in [0.25, 0.3) is 0 Å². The highest BCUT2D eigenvalue weighted by atomic mass is 19.1. The highest BCUT2D eigenvalue weighted by molar-refractivity contribution is 5.56. The Morgan fingerprint density at radius 1 is 1.11 bits per heavy atom. The van der Waals surface area contributed by atoms with Crippen LogP contribution in [0.5, 0.6) is 0 Å². The van der Waals surface area contributed by atoms with Gasteiger partial charge in [-0.1, -0.05) is 24.3 Å². The zero-order chi connectivity index (χ0) is 13.1. The fourth-order valence-corrected chi connectivity index (χ4v) is 1.99. The smallest absolute Gasteiger partial charge is 0.128 e. The number of nitrogens with two attached hydrogens (primary N) is 1. The normalized spacial score (nSPS) is 12.2. The molecule has 18 heavy (non-hydrogen) atoms. The van der Waals surface area contributed by atoms with E-state index in [1.54, 1.807) is 6.07 Å². The first-order valence-electron chi connectivity index (χ1n) is 5.92. The molecule has 0 fully saturated rings. The lowest BCUT2D eigenvalue weighted by Crippen LogP contribution is -2.22. The van der Waals surface area contributed by atoms with Crippen LogP contribution in [-0.4, -0.2) is 7.05 Å². The Morgan fingerprint density at radius 2 is 1.83 bits per heavy atom. The zero-order valence-electron chi connectivity index (χ0n) is 10.6. The van der Waals surface area contributed by atoms with Crippen molar-refractivity contribution >= 4 is 11.4 Å². The van der Waals surface area contributed by atoms with Crippen molar-refractivity contribution in [3.8, 4) is 0 Å². The molecule has 0 aliphatic rings. The third kappa shape index (κ3) is 2.45. The second kappa shape index (κ2) is 5.08. The van der Waals surface area contributed by atoms with Gasteiger partial charge < -0.3 is 10.6 Å². The number of nitrogen functional groups attached to an aromatic ring is 1. The quantitative estimate of drug-likeness (QED) is 0.836. The molecule has 0 aliphatic heterocycles. The lowest BCUT2D eigenvalue weighted by molar-refractivity contribution is 0.585. The highest BCUT2D eigenvalue weighted by Gasteiger charge is 2.15. The minimum Gasteiger partial charge on any atom is -0.399 e. The molecule has 0 aliphatic carbocycles. The minimum atomic E-state index is -0.180. The van der Waals surface area contributed by atoms with Crippen molar-refractivity contribution in [1.82, 2.24) is 0 Å². The highest BCUT2D eigenvalue weighted by Crippen LogP contribution is 2.27. The van der Waals surface area contributed by atoms with Gasteiger partial charge in [0.1, 0.15) is 5.82 Å². The Balaban J connectivity index is 2.29. The average Bonchev–Trinajstić information content (AvgIpc) is 2.37. The van der Waals surface area contributed by atoms with Gasteiger partial charge in [-0.25, -0.2) is 4.39 Å². The molecular weight excluding hydrogens is 227 g/mol. The summed E-state index contributed by atoms with van der Waals surface area (Å²) in [5.41, 5.74) is 8.13. The molecule has 2 N–H and O–H groups in total. The van der Waals surface area contributed by atoms with Crippen LogP contribution in [0.2, 0.25) is 0 Å². The molecule has 2 aromatic rings. The Labute approximate surface area is 107 Å². The fraction of sp³-hybridized carbons (Fsp3) is 0.200. The first-order valence-corrected chi connectivity index (χ1v) is 5.92. The van der Waals surface area contributed by atoms with E-state index in [1.807, 2.05) is 55.3 Å². The third-order valence-corrected chi connectivity index (χ3v) is 3.21. The first-order chi connectivity index (χ1) is 8.59. The molecule has 1 unspecified atom stereocenters. The predicted octanol–water partition coefficient (Wildman–Crippen LogP) is 3.61. The van der Waals surface area contributed by atoms with Crippen molar-refractivity contribution < 1.29 is 4.39 Å². The van der Waals surface area contributed by atoms with Crippen LogP contribution in [0.25, 0.3) is 0 Å². The number of rotatable bonds is 3. The number of nitrogens with zero attached hydrogens (tertiary/aromatic N) is 1. The summed E-state index contributed by atoms with van der Waals surface area (Å²) in [5.74, 6) is -0.180. The Hall–Kier alpha value is -2.03. The fourth-order valence-electron chi connectivity index (χ4n) is 1.99. The van der Waals surface area contributed by atoms with E-state index in [-0.39, 0.29) is 11.9 Å². The maximum absolute atomic E-state index is 13.7. The monoisotopic (exact) mass is 244 g/mol. The molecular formula is C15H17FN2. The van der Waals surface area contributed by atoms with Crippen LogP contribution >= 0.6 is 0 Å². The van der Waals surface area contributed by atoms with Crippen molar-refractivity contribution in [1.29, 1.82) is 0 Å². The van der Waals surface area contributed by atoms with Gasteiger partial charge >= 0.3 is 0 Å². The van der Waals surface area contributed by atoms with E-state index in [0.29, 0.717) is 11.3 Å². The molecule has 0 heterocycles. The van der Waals surface area contributed by atoms with E-state index < -0.39 is 0 Å². The predicted molar refractivity (Wildman–Crippen MR) is 74.1 cm³/mol. The van der Waals surface area contributed by atoms with Gasteiger partial charge in [-0.2, -0.15) is 0 Å². The first kappa shape index (κ1) is 12.4. The average molecular weight is 244 g/mol. The van der Waals surface area contributed by atoms with Crippen LogP contribution in [-0.2, 0) is 0 Å². The van der Waals surface area contributed by atoms with Crippen molar-refractivity contribution in [2.45, 2.75) is 13.0 Å². The lowest BCUT2D eigenvalue weighted by Gasteiger charge is -2.27. The van der Waals surface area contributed by atoms with Gasteiger partial charge in [0.2, 0.25) is 0 Å². The van der Waals surface area contributed by atoms with E-state index >= 15 is 0 Å². The SMILES string of the molecule is CC(c1ccccc1F)N(C)c1cccc(N)c1. The number of anilines is 2. The van der Waals surface area contributed by atoms with E-state index in [2.05, 4.69) is 0 Å². The summed E-state index contributed by atoms with van der Waals surface area (Å²) in [7, 11) is 1.94. The van der Waals surface area contributed by atoms with E-state index in [9.17, 15) is 4.39 Å². The Bertz CT molecular complexity index is 540. The maximum atomic E-state index is 13.7. The molecule has 3 heteroatoms. The molecule has 0 saturated carbocycles. The summed E-state index contributed by atoms with van der Waals surface area (Å²) in [4.78, 5) is 2.01. The van der Waals surface area contributed by atoms with Gasteiger partial charge in [0.15, 0.2) is 0 Å². The van der Waals surface area contributed by atoms with E-state index in [0.717, 1.165) is 5.69 Å². The third-order valence-electron chi connectivity index (χ3n) is 3.21. The summed E-state index contributed by atoms with van der Waals surface area (Å²) in [5, 5.41) is 0. The molecule has 2 nitrogen and oxygen atoms in total. The summed E-state index contributed by atoms with van der Waals surface area (Å²) in [6.07, 6.45) is 0. The van der Waals surface area contributed by atoms with Crippen molar-refractivity contribution in [2.75, 3.05) is 17.7 Å². The maximum Gasteiger partial charge on any atom is 0.128 e. The Morgan fingerprint density at radius 3 is 2.50 bits per heavy atom. The minimum absolute atomic E-state index is 0.0481. The summed E-state index contributed by atoms with van der Waals surface area (Å²) >= 11 is 0. The number of halogens is 1. The molecule has 1 atom stereocenters. The van der Waals surface area contributed by atoms with Gasteiger partial charge in [-0.05, 0) is 31.2 Å².